The van der Waals surface area contributed by atoms with Gasteiger partial charge in [0.2, 0.25) is 5.88 Å². The van der Waals surface area contributed by atoms with E-state index in [9.17, 15) is 0 Å². The lowest BCUT2D eigenvalue weighted by atomic mass is 10.5. The molecule has 0 atom stereocenters. The predicted octanol–water partition coefficient (Wildman–Crippen LogP) is 4.48. The fraction of sp³-hybridized carbons (Fsp3) is 0.231. The number of methoxy groups -OCH3 is 1. The van der Waals surface area contributed by atoms with Crippen molar-refractivity contribution in [1.82, 2.24) is 9.97 Å². The third-order valence-corrected chi connectivity index (χ3v) is 3.34. The molecule has 2 heterocycles. The van der Waals surface area contributed by atoms with E-state index in [0.29, 0.717) is 19.1 Å². The number of pyridine rings is 2. The van der Waals surface area contributed by atoms with E-state index in [2.05, 4.69) is 57.8 Å². The lowest BCUT2D eigenvalue weighted by Crippen LogP contribution is -2.04. The third-order valence-electron chi connectivity index (χ3n) is 1.93. The van der Waals surface area contributed by atoms with E-state index >= 15 is 0 Å². The van der Waals surface area contributed by atoms with Gasteiger partial charge in [-0.1, -0.05) is 0 Å². The molecule has 108 valence electrons. The van der Waals surface area contributed by atoms with Crippen LogP contribution in [0.2, 0.25) is 0 Å². The fourth-order valence-electron chi connectivity index (χ4n) is 1.03. The maximum atomic E-state index is 5.24. The Hall–Kier alpha value is -0.500. The van der Waals surface area contributed by atoms with Crippen molar-refractivity contribution in [3.63, 3.8) is 0 Å². The summed E-state index contributed by atoms with van der Waals surface area (Å²) in [6.45, 7) is 1.11. The fourth-order valence-corrected chi connectivity index (χ4v) is 1.74. The van der Waals surface area contributed by atoms with Crippen LogP contribution in [0.25, 0.3) is 0 Å². The number of nitrogens with zero attached hydrogens (tertiary/aromatic N) is 2. The lowest BCUT2D eigenvalue weighted by Gasteiger charge is -2.03. The number of halogens is 3. The van der Waals surface area contributed by atoms with Gasteiger partial charge < -0.3 is 9.47 Å². The molecule has 0 radical (unpaired) electrons. The van der Waals surface area contributed by atoms with Gasteiger partial charge in [0.05, 0.1) is 6.61 Å². The number of hydrogen-bond donors (Lipinski definition) is 0. The molecule has 2 aromatic heterocycles. The minimum Gasteiger partial charge on any atom is -0.475 e. The summed E-state index contributed by atoms with van der Waals surface area (Å²) in [6, 6.07) is 7.50. The van der Waals surface area contributed by atoms with Crippen molar-refractivity contribution in [2.45, 2.75) is 0 Å². The minimum absolute atomic E-state index is 0.533. The first-order chi connectivity index (χ1) is 9.61. The van der Waals surface area contributed by atoms with Crippen LogP contribution in [-0.4, -0.2) is 30.3 Å². The second-order valence-corrected chi connectivity index (χ2v) is 6.10. The number of rotatable bonds is 4. The van der Waals surface area contributed by atoms with E-state index < -0.39 is 0 Å². The van der Waals surface area contributed by atoms with Crippen LogP contribution in [0.4, 0.5) is 0 Å². The number of ether oxygens (including phenoxy) is 2. The Labute approximate surface area is 143 Å². The summed E-state index contributed by atoms with van der Waals surface area (Å²) in [5.74, 6) is 0.621. The van der Waals surface area contributed by atoms with Crippen molar-refractivity contribution in [1.29, 1.82) is 0 Å². The van der Waals surface area contributed by atoms with Crippen LogP contribution in [-0.2, 0) is 4.74 Å². The van der Waals surface area contributed by atoms with E-state index in [-0.39, 0.29) is 0 Å². The molecule has 0 bridgehead atoms. The van der Waals surface area contributed by atoms with Crippen LogP contribution in [0.3, 0.4) is 0 Å². The van der Waals surface area contributed by atoms with Crippen LogP contribution < -0.4 is 4.74 Å². The zero-order valence-electron chi connectivity index (χ0n) is 10.7. The molecule has 0 spiro atoms. The normalized spacial score (nSPS) is 9.60. The molecule has 2 rings (SSSR count). The summed E-state index contributed by atoms with van der Waals surface area (Å²) >= 11 is 9.76. The molecular weight excluding hydrogens is 456 g/mol. The highest BCUT2D eigenvalue weighted by Crippen LogP contribution is 2.12. The summed E-state index contributed by atoms with van der Waals surface area (Å²) in [7, 11) is 1.64. The monoisotopic (exact) mass is 466 g/mol. The first-order valence-corrected chi connectivity index (χ1v) is 8.00. The molecule has 0 saturated carbocycles. The number of aromatic nitrogens is 2. The predicted molar refractivity (Wildman–Crippen MR) is 88.9 cm³/mol. The molecule has 0 aliphatic heterocycles. The molecule has 0 amide bonds. The molecule has 0 N–H and O–H groups in total. The topological polar surface area (TPSA) is 44.2 Å². The third kappa shape index (κ3) is 7.94. The van der Waals surface area contributed by atoms with Gasteiger partial charge in [-0.2, -0.15) is 0 Å². The highest BCUT2D eigenvalue weighted by Gasteiger charge is 1.93. The van der Waals surface area contributed by atoms with Crippen molar-refractivity contribution >= 4 is 47.8 Å². The summed E-state index contributed by atoms with van der Waals surface area (Å²) in [4.78, 5) is 7.97. The Morgan fingerprint density at radius 1 is 0.900 bits per heavy atom. The van der Waals surface area contributed by atoms with Crippen LogP contribution >= 0.6 is 47.8 Å². The smallest absolute Gasteiger partial charge is 0.213 e. The van der Waals surface area contributed by atoms with Crippen LogP contribution in [0, 0.1) is 0 Å². The van der Waals surface area contributed by atoms with Gasteiger partial charge >= 0.3 is 0 Å². The van der Waals surface area contributed by atoms with Gasteiger partial charge in [0.1, 0.15) is 11.2 Å². The summed E-state index contributed by atoms with van der Waals surface area (Å²) in [5.41, 5.74) is 0. The first kappa shape index (κ1) is 17.6. The van der Waals surface area contributed by atoms with E-state index in [4.69, 9.17) is 9.47 Å². The van der Waals surface area contributed by atoms with E-state index in [1.165, 1.54) is 0 Å². The van der Waals surface area contributed by atoms with E-state index in [1.807, 2.05) is 18.2 Å². The molecule has 2 aromatic rings. The molecule has 20 heavy (non-hydrogen) atoms. The van der Waals surface area contributed by atoms with Crippen molar-refractivity contribution in [2.75, 3.05) is 20.3 Å². The minimum atomic E-state index is 0.533. The van der Waals surface area contributed by atoms with Gasteiger partial charge in [-0.05, 0) is 66.0 Å². The highest BCUT2D eigenvalue weighted by atomic mass is 79.9. The zero-order chi connectivity index (χ0) is 14.8. The molecule has 0 unspecified atom stereocenters. The SMILES string of the molecule is Brc1ccc(Br)nc1.COCCOc1ccc(Br)cn1. The Bertz CT molecular complexity index is 471. The summed E-state index contributed by atoms with van der Waals surface area (Å²) in [6.07, 6.45) is 3.44. The average Bonchev–Trinajstić information content (AvgIpc) is 2.45. The molecule has 7 heteroatoms. The van der Waals surface area contributed by atoms with Crippen molar-refractivity contribution in [2.24, 2.45) is 0 Å². The largest absolute Gasteiger partial charge is 0.475 e. The van der Waals surface area contributed by atoms with Crippen molar-refractivity contribution < 1.29 is 9.47 Å². The second kappa shape index (κ2) is 10.3. The Morgan fingerprint density at radius 2 is 1.55 bits per heavy atom. The van der Waals surface area contributed by atoms with Crippen molar-refractivity contribution in [3.05, 3.63) is 50.2 Å². The summed E-state index contributed by atoms with van der Waals surface area (Å²) in [5, 5.41) is 0. The molecule has 0 fully saturated rings. The standard InChI is InChI=1S/C8H10BrNO2.C5H3Br2N/c1-11-4-5-12-8-3-2-7(9)6-10-8;6-4-1-2-5(7)8-3-4/h2-3,6H,4-5H2,1H3;1-3H. The maximum Gasteiger partial charge on any atom is 0.213 e. The van der Waals surface area contributed by atoms with Gasteiger partial charge in [0.25, 0.3) is 0 Å². The Morgan fingerprint density at radius 3 is 2.00 bits per heavy atom. The molecular formula is C13H13Br3N2O2. The summed E-state index contributed by atoms with van der Waals surface area (Å²) < 4.78 is 12.9. The molecule has 0 aromatic carbocycles. The quantitative estimate of drug-likeness (QED) is 0.490. The Kier molecular flexibility index (Phi) is 9.00. The van der Waals surface area contributed by atoms with Crippen LogP contribution in [0.15, 0.2) is 50.2 Å². The van der Waals surface area contributed by atoms with Gasteiger partial charge in [-0.3, -0.25) is 0 Å². The average molecular weight is 469 g/mol. The van der Waals surface area contributed by atoms with Crippen LogP contribution in [0.1, 0.15) is 0 Å². The van der Waals surface area contributed by atoms with Gasteiger partial charge in [0.15, 0.2) is 0 Å². The molecule has 0 aliphatic rings. The zero-order valence-corrected chi connectivity index (χ0v) is 15.5. The lowest BCUT2D eigenvalue weighted by molar-refractivity contribution is 0.143. The molecule has 0 aliphatic carbocycles. The molecule has 0 saturated heterocycles. The van der Waals surface area contributed by atoms with Gasteiger partial charge in [0, 0.05) is 34.5 Å². The van der Waals surface area contributed by atoms with Gasteiger partial charge in [-0.15, -0.1) is 0 Å². The first-order valence-electron chi connectivity index (χ1n) is 5.62. The van der Waals surface area contributed by atoms with Crippen LogP contribution in [0.5, 0.6) is 5.88 Å². The van der Waals surface area contributed by atoms with Crippen molar-refractivity contribution in [3.8, 4) is 5.88 Å². The highest BCUT2D eigenvalue weighted by molar-refractivity contribution is 9.11. The van der Waals surface area contributed by atoms with E-state index in [0.717, 1.165) is 13.5 Å². The Balaban J connectivity index is 0.000000217. The second-order valence-electron chi connectivity index (χ2n) is 3.46. The van der Waals surface area contributed by atoms with Gasteiger partial charge in [-0.25, -0.2) is 9.97 Å². The maximum absolute atomic E-state index is 5.24. The van der Waals surface area contributed by atoms with E-state index in [1.54, 1.807) is 25.6 Å². The number of hydrogen-bond acceptors (Lipinski definition) is 4. The molecule has 4 nitrogen and oxygen atoms in total.